The molecule has 0 amide bonds. The molecule has 0 aliphatic carbocycles. The number of carboxylic acids is 4. The molecule has 0 bridgehead atoms. The second kappa shape index (κ2) is 66.9. The molecule has 0 aromatic carbocycles. The zero-order chi connectivity index (χ0) is 37.6. The maximum atomic E-state index is 10.5. The third-order valence-electron chi connectivity index (χ3n) is 3.38. The molecule has 0 atom stereocenters. The van der Waals surface area contributed by atoms with Crippen LogP contribution < -0.4 is 20.4 Å². The van der Waals surface area contributed by atoms with Crippen LogP contribution in [0.4, 0.5) is 0 Å². The van der Waals surface area contributed by atoms with Gasteiger partial charge in [0, 0.05) is 12.2 Å². The molecule has 0 heterocycles. The minimum Gasteiger partial charge on any atom is -0.545 e. The largest absolute Gasteiger partial charge is 2.00 e. The Balaban J connectivity index is -0.0000000551. The Labute approximate surface area is 323 Å². The van der Waals surface area contributed by atoms with Crippen molar-refractivity contribution in [2.75, 3.05) is 13.2 Å². The van der Waals surface area contributed by atoms with E-state index in [1.54, 1.807) is 0 Å². The van der Waals surface area contributed by atoms with Crippen molar-refractivity contribution >= 4 is 83.6 Å². The summed E-state index contributed by atoms with van der Waals surface area (Å²) in [5, 5.41) is 38.4. The Hall–Kier alpha value is -2.36. The second-order valence-corrected chi connectivity index (χ2v) is 8.03. The molecule has 0 unspecified atom stereocenters. The van der Waals surface area contributed by atoms with Crippen molar-refractivity contribution in [2.24, 2.45) is 0 Å². The number of hydrogen-bond donors (Lipinski definition) is 0. The van der Waals surface area contributed by atoms with Crippen LogP contribution in [0.25, 0.3) is 0 Å². The summed E-state index contributed by atoms with van der Waals surface area (Å²) >= 11 is 0. The number of carbonyl (C=O) groups excluding carboxylic acids is 6. The van der Waals surface area contributed by atoms with Gasteiger partial charge in [-0.15, -0.1) is 0 Å². The van der Waals surface area contributed by atoms with Gasteiger partial charge >= 0.3 is 59.8 Å². The first-order valence-corrected chi connectivity index (χ1v) is 15.0. The van der Waals surface area contributed by atoms with E-state index in [2.05, 4.69) is 64.9 Å². The monoisotopic (exact) mass is 896 g/mol. The van der Waals surface area contributed by atoms with Gasteiger partial charge in [-0.2, -0.15) is 0 Å². The predicted molar refractivity (Wildman–Crippen MR) is 183 cm³/mol. The first kappa shape index (κ1) is 67.7. The molecule has 12 nitrogen and oxygen atoms in total. The van der Waals surface area contributed by atoms with Crippen LogP contribution in [0, 0.1) is 27.7 Å². The van der Waals surface area contributed by atoms with Crippen LogP contribution in [-0.2, 0) is 38.2 Å². The summed E-state index contributed by atoms with van der Waals surface area (Å²) in [4.78, 5) is 59.4. The molecule has 0 aromatic rings. The minimum atomic E-state index is -1.55. The third-order valence-corrected chi connectivity index (χ3v) is 3.38. The van der Waals surface area contributed by atoms with Crippen molar-refractivity contribution < 1.29 is 58.7 Å². The molecule has 0 N–H and O–H groups in total. The van der Waals surface area contributed by atoms with E-state index < -0.39 is 35.8 Å². The van der Waals surface area contributed by atoms with E-state index in [4.69, 9.17) is 0 Å². The summed E-state index contributed by atoms with van der Waals surface area (Å²) in [6, 6.07) is 0. The fourth-order valence-corrected chi connectivity index (χ4v) is 0.910. The van der Waals surface area contributed by atoms with E-state index in [0.29, 0.717) is 50.4 Å². The van der Waals surface area contributed by atoms with Gasteiger partial charge in [0.2, 0.25) is 0 Å². The summed E-state index contributed by atoms with van der Waals surface area (Å²) in [6.45, 7) is 27.2. The first-order valence-electron chi connectivity index (χ1n) is 15.0. The van der Waals surface area contributed by atoms with Gasteiger partial charge in [0.15, 0.2) is 0 Å². The topological polar surface area (TPSA) is 213 Å². The summed E-state index contributed by atoms with van der Waals surface area (Å²) in [5.41, 5.74) is 0. The fraction of sp³-hybridized carbons (Fsp3) is 0.529. The molecular weight excluding hydrogens is 838 g/mol. The Morgan fingerprint density at radius 2 is 0.583 bits per heavy atom. The van der Waals surface area contributed by atoms with Gasteiger partial charge in [-0.05, 0) is 37.1 Å². The standard InChI is InChI=1S/2C7H10O4.C4H4O4.4C4H9.2Sn/c2*1-2-5-11-7(10)4-3-6(8)9;5-3(6)1-2-4(7)8;4*1-3-4-2;;/h2*3-4H,2,5H2,1H3,(H,8,9);1-2H,(H,5,6)(H,7,8);4*1,3-4H2,2H3;;/q;;;;;;;2*+2/p-4/b2*4-3+;2-1+;;;;;;. The van der Waals surface area contributed by atoms with Crippen LogP contribution in [0.2, 0.25) is 0 Å². The summed E-state index contributed by atoms with van der Waals surface area (Å²) in [6.07, 6.45) is 14.2. The fourth-order valence-electron chi connectivity index (χ4n) is 0.910. The van der Waals surface area contributed by atoms with Crippen molar-refractivity contribution in [3.05, 3.63) is 64.2 Å². The summed E-state index contributed by atoms with van der Waals surface area (Å²) in [5.74, 6) is -7.22. The first-order chi connectivity index (χ1) is 21.6. The van der Waals surface area contributed by atoms with Crippen molar-refractivity contribution in [2.45, 2.75) is 106 Å². The summed E-state index contributed by atoms with van der Waals surface area (Å²) in [7, 11) is 0. The zero-order valence-corrected chi connectivity index (χ0v) is 35.4. The van der Waals surface area contributed by atoms with Crippen LogP contribution in [-0.4, -0.2) is 96.8 Å². The molecule has 0 rings (SSSR count). The average Bonchev–Trinajstić information content (AvgIpc) is 3.04. The number of carboxylic acid groups (broad SMARTS) is 4. The molecule has 272 valence electrons. The molecule has 0 fully saturated rings. The number of unbranched alkanes of at least 4 members (excludes halogenated alkanes) is 4. The molecule has 0 aliphatic rings. The number of esters is 2. The van der Waals surface area contributed by atoms with Gasteiger partial charge in [0.25, 0.3) is 0 Å². The van der Waals surface area contributed by atoms with E-state index in [0.717, 1.165) is 37.8 Å². The van der Waals surface area contributed by atoms with Crippen LogP contribution >= 0.6 is 0 Å². The number of rotatable bonds is 14. The second-order valence-electron chi connectivity index (χ2n) is 8.03. The molecule has 0 saturated carbocycles. The predicted octanol–water partition coefficient (Wildman–Crippen LogP) is 1.25. The number of ether oxygens (including phenoxy) is 2. The molecular formula is C34H56O12Sn2. The molecule has 0 aliphatic heterocycles. The average molecular weight is 894 g/mol. The van der Waals surface area contributed by atoms with E-state index in [-0.39, 0.29) is 47.8 Å². The maximum absolute atomic E-state index is 10.5. The number of aliphatic carboxylic acids is 4. The Morgan fingerprint density at radius 1 is 0.417 bits per heavy atom. The van der Waals surface area contributed by atoms with Crippen LogP contribution in [0.15, 0.2) is 36.5 Å². The normalized spacial score (nSPS) is 8.62. The number of hydrogen-bond acceptors (Lipinski definition) is 12. The molecule has 48 heavy (non-hydrogen) atoms. The van der Waals surface area contributed by atoms with Crippen LogP contribution in [0.1, 0.15) is 106 Å². The van der Waals surface area contributed by atoms with Gasteiger partial charge < -0.3 is 49.1 Å². The van der Waals surface area contributed by atoms with E-state index in [9.17, 15) is 49.2 Å². The Bertz CT molecular complexity index is 717. The quantitative estimate of drug-likeness (QED) is 0.137. The van der Waals surface area contributed by atoms with Crippen molar-refractivity contribution in [3.8, 4) is 0 Å². The number of carbonyl (C=O) groups is 6. The SMILES string of the molecule is CCCOC(=O)/C=C/C(=O)[O-].CCCOC(=O)/C=C/C(=O)[O-].O=C([O-])/C=C/C(=O)[O-].[CH2]CCC.[CH2]CCC.[CH2]CCC.[CH2]CCC.[Sn+2].[Sn+2]. The molecule has 14 heteroatoms. The van der Waals surface area contributed by atoms with Crippen molar-refractivity contribution in [1.82, 2.24) is 0 Å². The third kappa shape index (κ3) is 131. The summed E-state index contributed by atoms with van der Waals surface area (Å²) < 4.78 is 9.05. The van der Waals surface area contributed by atoms with E-state index >= 15 is 0 Å². The Kier molecular flexibility index (Phi) is 94.5. The molecule has 0 spiro atoms. The smallest absolute Gasteiger partial charge is 0.545 e. The Morgan fingerprint density at radius 3 is 0.708 bits per heavy atom. The van der Waals surface area contributed by atoms with Gasteiger partial charge in [0.05, 0.1) is 37.1 Å². The molecule has 0 saturated heterocycles. The van der Waals surface area contributed by atoms with Gasteiger partial charge in [0.1, 0.15) is 0 Å². The molecule has 8 radical (unpaired) electrons. The van der Waals surface area contributed by atoms with Gasteiger partial charge in [-0.25, -0.2) is 9.59 Å². The van der Waals surface area contributed by atoms with Gasteiger partial charge in [-0.1, -0.05) is 121 Å². The molecule has 0 aromatic heterocycles. The van der Waals surface area contributed by atoms with Gasteiger partial charge in [-0.3, -0.25) is 0 Å². The van der Waals surface area contributed by atoms with Crippen LogP contribution in [0.3, 0.4) is 0 Å². The minimum absolute atomic E-state index is 0. The van der Waals surface area contributed by atoms with Crippen molar-refractivity contribution in [3.63, 3.8) is 0 Å². The van der Waals surface area contributed by atoms with Crippen LogP contribution in [0.5, 0.6) is 0 Å². The zero-order valence-electron chi connectivity index (χ0n) is 29.7. The van der Waals surface area contributed by atoms with E-state index in [1.165, 1.54) is 25.7 Å². The van der Waals surface area contributed by atoms with Crippen molar-refractivity contribution in [1.29, 1.82) is 0 Å². The maximum Gasteiger partial charge on any atom is 2.00 e. The van der Waals surface area contributed by atoms with E-state index in [1.807, 2.05) is 13.8 Å².